The molecular formula is C18H29ClNO3-. The Labute approximate surface area is 146 Å². The maximum absolute atomic E-state index is 12.5. The van der Waals surface area contributed by atoms with Gasteiger partial charge in [-0.05, 0) is 32.0 Å². The second kappa shape index (κ2) is 10.6. The summed E-state index contributed by atoms with van der Waals surface area (Å²) in [5.41, 5.74) is -0.324. The molecule has 0 aliphatic rings. The van der Waals surface area contributed by atoms with E-state index in [9.17, 15) is 9.90 Å². The fourth-order valence-corrected chi connectivity index (χ4v) is 2.50. The molecule has 1 aromatic carbocycles. The molecule has 2 unspecified atom stereocenters. The van der Waals surface area contributed by atoms with Crippen LogP contribution in [0.5, 0.6) is 0 Å². The third-order valence-corrected chi connectivity index (χ3v) is 4.25. The first-order valence-corrected chi connectivity index (χ1v) is 8.12. The summed E-state index contributed by atoms with van der Waals surface area (Å²) in [5, 5.41) is 10.6. The third kappa shape index (κ3) is 6.50. The van der Waals surface area contributed by atoms with Crippen molar-refractivity contribution < 1.29 is 27.0 Å². The lowest BCUT2D eigenvalue weighted by Gasteiger charge is -2.31. The monoisotopic (exact) mass is 342 g/mol. The van der Waals surface area contributed by atoms with E-state index in [1.807, 2.05) is 37.3 Å². The van der Waals surface area contributed by atoms with Gasteiger partial charge in [-0.2, -0.15) is 0 Å². The molecule has 0 spiro atoms. The topological polar surface area (TPSA) is 49.8 Å². The number of carbonyl (C=O) groups excluding carboxylic acids is 1. The maximum Gasteiger partial charge on any atom is 0.316 e. The van der Waals surface area contributed by atoms with Gasteiger partial charge < -0.3 is 27.2 Å². The number of esters is 1. The Hall–Kier alpha value is -1.10. The standard InChI is InChI=1S/C18H29NO3.ClH/c1-5-18(4,21)16(15-11-9-8-10-12-15)17(20)22-14-13-19(6-2)7-3;/h8-12,16,21H,5-7,13-14H2,1-4H3;1H/p-1. The van der Waals surface area contributed by atoms with E-state index in [0.717, 1.165) is 18.7 Å². The number of carbonyl (C=O) groups is 1. The number of halogens is 1. The van der Waals surface area contributed by atoms with Gasteiger partial charge in [-0.3, -0.25) is 4.79 Å². The summed E-state index contributed by atoms with van der Waals surface area (Å²) in [5.74, 6) is -1.01. The summed E-state index contributed by atoms with van der Waals surface area (Å²) in [6.07, 6.45) is 0.484. The van der Waals surface area contributed by atoms with Crippen LogP contribution in [0.3, 0.4) is 0 Å². The minimum atomic E-state index is -1.12. The molecule has 132 valence electrons. The minimum absolute atomic E-state index is 0. The average Bonchev–Trinajstić information content (AvgIpc) is 2.52. The zero-order valence-corrected chi connectivity index (χ0v) is 15.3. The lowest BCUT2D eigenvalue weighted by Crippen LogP contribution is -3.00. The molecule has 0 saturated heterocycles. The van der Waals surface area contributed by atoms with Crippen LogP contribution >= 0.6 is 0 Å². The van der Waals surface area contributed by atoms with Crippen LogP contribution in [0, 0.1) is 0 Å². The van der Waals surface area contributed by atoms with Crippen molar-refractivity contribution in [2.75, 3.05) is 26.2 Å². The summed E-state index contributed by atoms with van der Waals surface area (Å²) >= 11 is 0. The van der Waals surface area contributed by atoms with E-state index in [-0.39, 0.29) is 18.4 Å². The number of likely N-dealkylation sites (N-methyl/N-ethyl adjacent to an activating group) is 1. The first-order chi connectivity index (χ1) is 10.5. The number of nitrogens with zero attached hydrogens (tertiary/aromatic N) is 1. The summed E-state index contributed by atoms with van der Waals surface area (Å²) in [6, 6.07) is 9.36. The molecule has 2 atom stereocenters. The van der Waals surface area contributed by atoms with E-state index in [4.69, 9.17) is 4.74 Å². The second-order valence-electron chi connectivity index (χ2n) is 5.75. The Bertz CT molecular complexity index is 447. The van der Waals surface area contributed by atoms with Gasteiger partial charge in [-0.25, -0.2) is 0 Å². The van der Waals surface area contributed by atoms with Crippen LogP contribution in [0.2, 0.25) is 0 Å². The van der Waals surface area contributed by atoms with Gasteiger partial charge in [0, 0.05) is 6.54 Å². The van der Waals surface area contributed by atoms with Crippen molar-refractivity contribution in [1.29, 1.82) is 0 Å². The molecule has 0 amide bonds. The summed E-state index contributed by atoms with van der Waals surface area (Å²) in [7, 11) is 0. The Kier molecular flexibility index (Phi) is 10.1. The van der Waals surface area contributed by atoms with Crippen LogP contribution in [0.15, 0.2) is 30.3 Å². The Morgan fingerprint density at radius 3 is 2.26 bits per heavy atom. The van der Waals surface area contributed by atoms with Gasteiger partial charge in [0.2, 0.25) is 0 Å². The first kappa shape index (κ1) is 21.9. The highest BCUT2D eigenvalue weighted by atomic mass is 35.5. The van der Waals surface area contributed by atoms with Crippen LogP contribution in [0.25, 0.3) is 0 Å². The van der Waals surface area contributed by atoms with E-state index >= 15 is 0 Å². The second-order valence-corrected chi connectivity index (χ2v) is 5.75. The number of hydrogen-bond donors (Lipinski definition) is 1. The van der Waals surface area contributed by atoms with Gasteiger partial charge in [0.25, 0.3) is 0 Å². The Morgan fingerprint density at radius 1 is 1.22 bits per heavy atom. The number of aliphatic hydroxyl groups is 1. The number of benzene rings is 1. The molecule has 0 aliphatic heterocycles. The molecule has 0 radical (unpaired) electrons. The zero-order chi connectivity index (χ0) is 16.6. The molecule has 0 fully saturated rings. The molecule has 0 saturated carbocycles. The van der Waals surface area contributed by atoms with Crippen molar-refractivity contribution in [3.8, 4) is 0 Å². The normalized spacial score (nSPS) is 14.7. The van der Waals surface area contributed by atoms with Gasteiger partial charge in [-0.15, -0.1) is 0 Å². The van der Waals surface area contributed by atoms with Crippen molar-refractivity contribution >= 4 is 5.97 Å². The van der Waals surface area contributed by atoms with E-state index in [1.54, 1.807) is 6.92 Å². The molecule has 0 bridgehead atoms. The molecule has 4 nitrogen and oxygen atoms in total. The van der Waals surface area contributed by atoms with Gasteiger partial charge in [0.05, 0.1) is 5.60 Å². The third-order valence-electron chi connectivity index (χ3n) is 4.25. The fraction of sp³-hybridized carbons (Fsp3) is 0.611. The van der Waals surface area contributed by atoms with Crippen molar-refractivity contribution in [2.24, 2.45) is 0 Å². The van der Waals surface area contributed by atoms with Gasteiger partial charge in [-0.1, -0.05) is 51.1 Å². The lowest BCUT2D eigenvalue weighted by molar-refractivity contribution is -0.152. The quantitative estimate of drug-likeness (QED) is 0.633. The molecular weight excluding hydrogens is 314 g/mol. The van der Waals surface area contributed by atoms with E-state index in [2.05, 4.69) is 18.7 Å². The van der Waals surface area contributed by atoms with Crippen molar-refractivity contribution in [3.63, 3.8) is 0 Å². The molecule has 0 heterocycles. The minimum Gasteiger partial charge on any atom is -1.00 e. The predicted octanol–water partition coefficient (Wildman–Crippen LogP) is -0.180. The molecule has 1 N–H and O–H groups in total. The van der Waals surface area contributed by atoms with Gasteiger partial charge in [0.1, 0.15) is 12.5 Å². The van der Waals surface area contributed by atoms with Crippen LogP contribution in [-0.4, -0.2) is 47.8 Å². The van der Waals surface area contributed by atoms with Gasteiger partial charge in [0.15, 0.2) is 0 Å². The maximum atomic E-state index is 12.5. The first-order valence-electron chi connectivity index (χ1n) is 8.12. The average molecular weight is 343 g/mol. The molecule has 1 rings (SSSR count). The van der Waals surface area contributed by atoms with Crippen LogP contribution in [0.1, 0.15) is 45.6 Å². The summed E-state index contributed by atoms with van der Waals surface area (Å²) in [6.45, 7) is 10.7. The smallest absolute Gasteiger partial charge is 0.316 e. The number of rotatable bonds is 9. The molecule has 0 aromatic heterocycles. The van der Waals surface area contributed by atoms with Crippen LogP contribution in [-0.2, 0) is 9.53 Å². The highest BCUT2D eigenvalue weighted by Gasteiger charge is 2.38. The number of ether oxygens (including phenoxy) is 1. The van der Waals surface area contributed by atoms with Gasteiger partial charge >= 0.3 is 5.97 Å². The van der Waals surface area contributed by atoms with Crippen LogP contribution in [0.4, 0.5) is 0 Å². The largest absolute Gasteiger partial charge is 1.00 e. The SMILES string of the molecule is CCN(CC)CCOC(=O)C(c1ccccc1)C(C)(O)CC.[Cl-]. The lowest BCUT2D eigenvalue weighted by atomic mass is 9.81. The predicted molar refractivity (Wildman–Crippen MR) is 88.8 cm³/mol. The highest BCUT2D eigenvalue weighted by Crippen LogP contribution is 2.32. The number of hydrogen-bond acceptors (Lipinski definition) is 4. The highest BCUT2D eigenvalue weighted by molar-refractivity contribution is 5.79. The van der Waals surface area contributed by atoms with Crippen molar-refractivity contribution in [3.05, 3.63) is 35.9 Å². The Morgan fingerprint density at radius 2 is 1.78 bits per heavy atom. The summed E-state index contributed by atoms with van der Waals surface area (Å²) < 4.78 is 5.44. The fourth-order valence-electron chi connectivity index (χ4n) is 2.50. The molecule has 23 heavy (non-hydrogen) atoms. The Balaban J connectivity index is 0.00000484. The van der Waals surface area contributed by atoms with Crippen molar-refractivity contribution in [1.82, 2.24) is 4.90 Å². The van der Waals surface area contributed by atoms with E-state index in [1.165, 1.54) is 0 Å². The van der Waals surface area contributed by atoms with E-state index < -0.39 is 11.5 Å². The molecule has 5 heteroatoms. The van der Waals surface area contributed by atoms with Crippen LogP contribution < -0.4 is 12.4 Å². The summed E-state index contributed by atoms with van der Waals surface area (Å²) in [4.78, 5) is 14.7. The van der Waals surface area contributed by atoms with E-state index in [0.29, 0.717) is 19.6 Å². The molecule has 1 aromatic rings. The van der Waals surface area contributed by atoms with Crippen molar-refractivity contribution in [2.45, 2.75) is 45.6 Å². The molecule has 0 aliphatic carbocycles. The zero-order valence-electron chi connectivity index (χ0n) is 14.6.